The Kier molecular flexibility index (Phi) is 2.70. The highest BCUT2D eigenvalue weighted by Gasteiger charge is 2.31. The van der Waals surface area contributed by atoms with Crippen LogP contribution in [0.4, 0.5) is 0 Å². The van der Waals surface area contributed by atoms with Crippen LogP contribution in [-0.2, 0) is 4.84 Å². The lowest BCUT2D eigenvalue weighted by atomic mass is 10.0. The molecule has 1 atom stereocenters. The maximum absolute atomic E-state index is 9.30. The highest BCUT2D eigenvalue weighted by molar-refractivity contribution is 5.29. The first-order valence-electron chi connectivity index (χ1n) is 4.85. The number of hydrogen-bond donors (Lipinski definition) is 1. The maximum atomic E-state index is 9.30. The van der Waals surface area contributed by atoms with Crippen LogP contribution < -0.4 is 0 Å². The zero-order valence-electron chi connectivity index (χ0n) is 8.84. The molecule has 0 saturated heterocycles. The van der Waals surface area contributed by atoms with Gasteiger partial charge in [-0.1, -0.05) is 6.07 Å². The third-order valence-corrected chi connectivity index (χ3v) is 2.60. The Morgan fingerprint density at radius 2 is 2.40 bits per heavy atom. The largest absolute Gasteiger partial charge is 0.410 e. The third-order valence-electron chi connectivity index (χ3n) is 2.60. The maximum Gasteiger partial charge on any atom is 0.125 e. The van der Waals surface area contributed by atoms with Crippen LogP contribution in [0.1, 0.15) is 18.5 Å². The second-order valence-corrected chi connectivity index (χ2v) is 3.57. The van der Waals surface area contributed by atoms with E-state index >= 15 is 0 Å². The van der Waals surface area contributed by atoms with E-state index in [-0.39, 0.29) is 12.6 Å². The van der Waals surface area contributed by atoms with Gasteiger partial charge in [0.1, 0.15) is 5.76 Å². The summed E-state index contributed by atoms with van der Waals surface area (Å²) in [6, 6.07) is 3.83. The second kappa shape index (κ2) is 4.00. The highest BCUT2D eigenvalue weighted by Crippen LogP contribution is 2.35. The average molecular weight is 206 g/mol. The zero-order valence-corrected chi connectivity index (χ0v) is 8.84. The van der Waals surface area contributed by atoms with E-state index in [1.807, 2.05) is 26.1 Å². The first-order valence-corrected chi connectivity index (χ1v) is 4.85. The van der Waals surface area contributed by atoms with Crippen molar-refractivity contribution in [2.45, 2.75) is 13.0 Å². The van der Waals surface area contributed by atoms with Gasteiger partial charge in [-0.25, -0.2) is 0 Å². The second-order valence-electron chi connectivity index (χ2n) is 3.57. The summed E-state index contributed by atoms with van der Waals surface area (Å²) in [4.78, 5) is 9.53. The Morgan fingerprint density at radius 3 is 3.00 bits per heavy atom. The molecule has 0 fully saturated rings. The van der Waals surface area contributed by atoms with Gasteiger partial charge in [-0.2, -0.15) is 0 Å². The quantitative estimate of drug-likeness (QED) is 0.791. The molecule has 1 unspecified atom stereocenters. The fourth-order valence-corrected chi connectivity index (χ4v) is 1.89. The number of pyridine rings is 1. The van der Waals surface area contributed by atoms with Gasteiger partial charge in [-0.05, 0) is 18.6 Å². The number of likely N-dealkylation sites (N-methyl/N-ethyl adjacent to an activating group) is 1. The van der Waals surface area contributed by atoms with E-state index in [0.29, 0.717) is 0 Å². The molecule has 0 saturated carbocycles. The van der Waals surface area contributed by atoms with Crippen molar-refractivity contribution in [1.29, 1.82) is 0 Å². The Bertz CT molecular complexity index is 375. The molecule has 0 aliphatic carbocycles. The molecule has 1 aliphatic heterocycles. The van der Waals surface area contributed by atoms with Crippen LogP contribution in [0.3, 0.4) is 0 Å². The number of aliphatic hydroxyl groups excluding tert-OH is 1. The Labute approximate surface area is 88.8 Å². The molecule has 0 amide bonds. The van der Waals surface area contributed by atoms with Gasteiger partial charge in [0.25, 0.3) is 0 Å². The van der Waals surface area contributed by atoms with Crippen molar-refractivity contribution < 1.29 is 9.94 Å². The van der Waals surface area contributed by atoms with E-state index in [2.05, 4.69) is 4.98 Å². The topological polar surface area (TPSA) is 45.6 Å². The fourth-order valence-electron chi connectivity index (χ4n) is 1.89. The number of aromatic nitrogens is 1. The predicted molar refractivity (Wildman–Crippen MR) is 55.6 cm³/mol. The summed E-state index contributed by atoms with van der Waals surface area (Å²) in [5, 5.41) is 11.0. The first kappa shape index (κ1) is 10.1. The number of allylic oxidation sites excluding steroid dienone is 1. The summed E-state index contributed by atoms with van der Waals surface area (Å²) >= 11 is 0. The summed E-state index contributed by atoms with van der Waals surface area (Å²) in [6.07, 6.45) is 3.52. The average Bonchev–Trinajstić information content (AvgIpc) is 2.54. The van der Waals surface area contributed by atoms with Crippen LogP contribution >= 0.6 is 0 Å². The lowest BCUT2D eigenvalue weighted by Crippen LogP contribution is -2.20. The molecule has 0 radical (unpaired) electrons. The standard InChI is InChI=1S/C11H14N2O2/c1-8-10(7-14)11(13(2)15-8)9-4-3-5-12-6-9/h3-6,11,14H,7H2,1-2H3. The summed E-state index contributed by atoms with van der Waals surface area (Å²) in [7, 11) is 1.85. The number of nitrogens with zero attached hydrogens (tertiary/aromatic N) is 2. The minimum absolute atomic E-state index is 0.00966. The molecule has 1 aromatic rings. The van der Waals surface area contributed by atoms with Gasteiger partial charge in [0.2, 0.25) is 0 Å². The monoisotopic (exact) mass is 206 g/mol. The molecule has 80 valence electrons. The zero-order chi connectivity index (χ0) is 10.8. The smallest absolute Gasteiger partial charge is 0.125 e. The molecule has 2 rings (SSSR count). The molecule has 0 bridgehead atoms. The molecule has 1 aromatic heterocycles. The van der Waals surface area contributed by atoms with Gasteiger partial charge in [0.15, 0.2) is 0 Å². The third kappa shape index (κ3) is 1.73. The lowest BCUT2D eigenvalue weighted by Gasteiger charge is -2.19. The van der Waals surface area contributed by atoms with Crippen molar-refractivity contribution in [1.82, 2.24) is 10.0 Å². The van der Waals surface area contributed by atoms with Gasteiger partial charge >= 0.3 is 0 Å². The molecule has 4 heteroatoms. The van der Waals surface area contributed by atoms with E-state index < -0.39 is 0 Å². The van der Waals surface area contributed by atoms with E-state index in [1.165, 1.54) is 0 Å². The lowest BCUT2D eigenvalue weighted by molar-refractivity contribution is -0.0949. The van der Waals surface area contributed by atoms with Crippen LogP contribution in [0.2, 0.25) is 0 Å². The normalized spacial score (nSPS) is 21.9. The van der Waals surface area contributed by atoms with Gasteiger partial charge < -0.3 is 9.94 Å². The molecule has 0 spiro atoms. The minimum Gasteiger partial charge on any atom is -0.410 e. The Morgan fingerprint density at radius 1 is 1.60 bits per heavy atom. The molecular formula is C11H14N2O2. The molecular weight excluding hydrogens is 192 g/mol. The van der Waals surface area contributed by atoms with Crippen molar-refractivity contribution in [2.75, 3.05) is 13.7 Å². The molecule has 1 N–H and O–H groups in total. The van der Waals surface area contributed by atoms with E-state index in [0.717, 1.165) is 16.9 Å². The van der Waals surface area contributed by atoms with Crippen LogP contribution in [0.15, 0.2) is 35.9 Å². The minimum atomic E-state index is -0.0244. The van der Waals surface area contributed by atoms with Gasteiger partial charge in [-0.15, -0.1) is 5.06 Å². The first-order chi connectivity index (χ1) is 7.24. The SMILES string of the molecule is CC1=C(CO)C(c2cccnc2)N(C)O1. The fraction of sp³-hybridized carbons (Fsp3) is 0.364. The number of rotatable bonds is 2. The van der Waals surface area contributed by atoms with Crippen molar-refractivity contribution >= 4 is 0 Å². The predicted octanol–water partition coefficient (Wildman–Crippen LogP) is 1.27. The summed E-state index contributed by atoms with van der Waals surface area (Å²) < 4.78 is 0. The van der Waals surface area contributed by atoms with Crippen molar-refractivity contribution in [2.24, 2.45) is 0 Å². The number of hydroxylamine groups is 2. The Hall–Kier alpha value is -1.39. The molecule has 15 heavy (non-hydrogen) atoms. The van der Waals surface area contributed by atoms with Crippen LogP contribution in [-0.4, -0.2) is 28.8 Å². The van der Waals surface area contributed by atoms with Crippen LogP contribution in [0.25, 0.3) is 0 Å². The highest BCUT2D eigenvalue weighted by atomic mass is 16.7. The summed E-state index contributed by atoms with van der Waals surface area (Å²) in [5.41, 5.74) is 1.92. The van der Waals surface area contributed by atoms with E-state index in [1.54, 1.807) is 17.5 Å². The van der Waals surface area contributed by atoms with Crippen LogP contribution in [0.5, 0.6) is 0 Å². The van der Waals surface area contributed by atoms with Gasteiger partial charge in [0.05, 0.1) is 12.6 Å². The molecule has 0 aromatic carbocycles. The van der Waals surface area contributed by atoms with E-state index in [9.17, 15) is 5.11 Å². The van der Waals surface area contributed by atoms with Crippen molar-refractivity contribution in [3.05, 3.63) is 41.4 Å². The summed E-state index contributed by atoms with van der Waals surface area (Å²) in [6.45, 7) is 1.87. The molecule has 1 aliphatic rings. The van der Waals surface area contributed by atoms with Crippen molar-refractivity contribution in [3.63, 3.8) is 0 Å². The van der Waals surface area contributed by atoms with Gasteiger partial charge in [0, 0.05) is 25.0 Å². The summed E-state index contributed by atoms with van der Waals surface area (Å²) in [5.74, 6) is 0.772. The van der Waals surface area contributed by atoms with Crippen LogP contribution in [0, 0.1) is 0 Å². The Balaban J connectivity index is 2.36. The number of aliphatic hydroxyl groups is 1. The van der Waals surface area contributed by atoms with E-state index in [4.69, 9.17) is 4.84 Å². The number of hydrogen-bond acceptors (Lipinski definition) is 4. The van der Waals surface area contributed by atoms with Gasteiger partial charge in [-0.3, -0.25) is 4.98 Å². The molecule has 2 heterocycles. The molecule has 4 nitrogen and oxygen atoms in total. The van der Waals surface area contributed by atoms with Crippen molar-refractivity contribution in [3.8, 4) is 0 Å².